The van der Waals surface area contributed by atoms with Crippen molar-refractivity contribution in [3.8, 4) is 17.8 Å². The molecule has 0 radical (unpaired) electrons. The third-order valence-electron chi connectivity index (χ3n) is 3.94. The first kappa shape index (κ1) is 18.5. The van der Waals surface area contributed by atoms with Gasteiger partial charge in [0, 0.05) is 5.41 Å². The predicted molar refractivity (Wildman–Crippen MR) is 91.4 cm³/mol. The van der Waals surface area contributed by atoms with E-state index in [0.29, 0.717) is 0 Å². The van der Waals surface area contributed by atoms with E-state index in [1.807, 2.05) is 31.2 Å². The molecular formula is C18H22N2O5. The maximum absolute atomic E-state index is 11.9. The second kappa shape index (κ2) is 7.38. The highest BCUT2D eigenvalue weighted by atomic mass is 16.5. The molecule has 1 aromatic heterocycles. The molecule has 1 unspecified atom stereocenters. The summed E-state index contributed by atoms with van der Waals surface area (Å²) in [5.41, 5.74) is 1.06. The molecule has 0 fully saturated rings. The van der Waals surface area contributed by atoms with Crippen molar-refractivity contribution in [1.29, 1.82) is 0 Å². The molecule has 2 rings (SSSR count). The number of methoxy groups -OCH3 is 2. The lowest BCUT2D eigenvalue weighted by molar-refractivity contribution is -0.148. The summed E-state index contributed by atoms with van der Waals surface area (Å²) >= 11 is 0. The number of aliphatic carboxylic acids is 1. The zero-order chi connectivity index (χ0) is 18.6. The smallest absolute Gasteiger partial charge is 0.345 e. The first-order valence-electron chi connectivity index (χ1n) is 7.71. The Hall–Kier alpha value is -2.83. The fourth-order valence-corrected chi connectivity index (χ4v) is 2.45. The molecule has 0 aliphatic rings. The Morgan fingerprint density at radius 3 is 2.20 bits per heavy atom. The number of carboxylic acid groups (broad SMARTS) is 1. The van der Waals surface area contributed by atoms with Crippen molar-refractivity contribution < 1.29 is 24.1 Å². The maximum Gasteiger partial charge on any atom is 0.345 e. The van der Waals surface area contributed by atoms with Crippen molar-refractivity contribution in [2.45, 2.75) is 32.3 Å². The summed E-state index contributed by atoms with van der Waals surface area (Å²) < 4.78 is 15.8. The molecule has 0 bridgehead atoms. The molecule has 134 valence electrons. The number of hydrogen-bond donors (Lipinski definition) is 1. The zero-order valence-corrected chi connectivity index (χ0v) is 14.9. The molecule has 0 saturated carbocycles. The standard InChI is InChI=1S/C18H22N2O5/c1-11-7-6-8-12(9-11)18(2,3)15(16(21)22)25-17-19-13(23-4)10-14(20-17)24-5/h6-10,15H,1-5H3,(H,21,22). The number of benzene rings is 1. The van der Waals surface area contributed by atoms with Crippen LogP contribution in [-0.2, 0) is 10.2 Å². The van der Waals surface area contributed by atoms with Gasteiger partial charge in [-0.05, 0) is 12.5 Å². The molecule has 0 aliphatic carbocycles. The minimum atomic E-state index is -1.20. The van der Waals surface area contributed by atoms with Crippen molar-refractivity contribution in [3.05, 3.63) is 41.5 Å². The fraction of sp³-hybridized carbons (Fsp3) is 0.389. The molecule has 0 saturated heterocycles. The largest absolute Gasteiger partial charge is 0.481 e. The van der Waals surface area contributed by atoms with Gasteiger partial charge in [0.2, 0.25) is 17.9 Å². The Kier molecular flexibility index (Phi) is 5.46. The van der Waals surface area contributed by atoms with E-state index >= 15 is 0 Å². The molecular weight excluding hydrogens is 324 g/mol. The number of hydrogen-bond acceptors (Lipinski definition) is 6. The molecule has 1 heterocycles. The highest BCUT2D eigenvalue weighted by molar-refractivity contribution is 5.75. The fourth-order valence-electron chi connectivity index (χ4n) is 2.45. The van der Waals surface area contributed by atoms with Crippen molar-refractivity contribution in [2.75, 3.05) is 14.2 Å². The van der Waals surface area contributed by atoms with Crippen LogP contribution in [0.4, 0.5) is 0 Å². The van der Waals surface area contributed by atoms with Gasteiger partial charge in [0.15, 0.2) is 0 Å². The minimum Gasteiger partial charge on any atom is -0.481 e. The maximum atomic E-state index is 11.9. The lowest BCUT2D eigenvalue weighted by Gasteiger charge is -2.31. The van der Waals surface area contributed by atoms with Gasteiger partial charge >= 0.3 is 12.0 Å². The van der Waals surface area contributed by atoms with E-state index in [2.05, 4.69) is 9.97 Å². The summed E-state index contributed by atoms with van der Waals surface area (Å²) in [5, 5.41) is 9.71. The summed E-state index contributed by atoms with van der Waals surface area (Å²) in [4.78, 5) is 20.0. The summed E-state index contributed by atoms with van der Waals surface area (Å²) in [5.74, 6) is -0.671. The Morgan fingerprint density at radius 1 is 1.12 bits per heavy atom. The third kappa shape index (κ3) is 4.17. The third-order valence-corrected chi connectivity index (χ3v) is 3.94. The van der Waals surface area contributed by atoms with Crippen molar-refractivity contribution in [3.63, 3.8) is 0 Å². The van der Waals surface area contributed by atoms with Crippen LogP contribution in [0.3, 0.4) is 0 Å². The highest BCUT2D eigenvalue weighted by Gasteiger charge is 2.39. The molecule has 1 atom stereocenters. The van der Waals surface area contributed by atoms with Crippen LogP contribution < -0.4 is 14.2 Å². The Bertz CT molecular complexity index is 739. The molecule has 0 spiro atoms. The normalized spacial score (nSPS) is 12.4. The van der Waals surface area contributed by atoms with Crippen LogP contribution in [0.5, 0.6) is 17.8 Å². The van der Waals surface area contributed by atoms with E-state index in [9.17, 15) is 9.90 Å². The van der Waals surface area contributed by atoms with E-state index in [-0.39, 0.29) is 17.8 Å². The minimum absolute atomic E-state index is 0.121. The quantitative estimate of drug-likeness (QED) is 0.824. The summed E-state index contributed by atoms with van der Waals surface area (Å²) in [6.45, 7) is 5.56. The topological polar surface area (TPSA) is 90.8 Å². The van der Waals surface area contributed by atoms with E-state index in [4.69, 9.17) is 14.2 Å². The summed E-state index contributed by atoms with van der Waals surface area (Å²) in [7, 11) is 2.88. The lowest BCUT2D eigenvalue weighted by atomic mass is 9.78. The number of aromatic nitrogens is 2. The number of rotatable bonds is 7. The number of ether oxygens (including phenoxy) is 3. The second-order valence-electron chi connectivity index (χ2n) is 6.16. The van der Waals surface area contributed by atoms with E-state index < -0.39 is 17.5 Å². The molecule has 7 heteroatoms. The van der Waals surface area contributed by atoms with Crippen LogP contribution in [-0.4, -0.2) is 41.4 Å². The number of carboxylic acids is 1. The molecule has 7 nitrogen and oxygen atoms in total. The Morgan fingerprint density at radius 2 is 1.72 bits per heavy atom. The van der Waals surface area contributed by atoms with Gasteiger partial charge in [-0.1, -0.05) is 43.7 Å². The number of nitrogens with zero attached hydrogens (tertiary/aromatic N) is 2. The second-order valence-corrected chi connectivity index (χ2v) is 6.16. The molecule has 1 N–H and O–H groups in total. The number of aryl methyl sites for hydroxylation is 1. The zero-order valence-electron chi connectivity index (χ0n) is 14.9. The summed E-state index contributed by atoms with van der Waals surface area (Å²) in [6.07, 6.45) is -1.20. The van der Waals surface area contributed by atoms with E-state index in [1.54, 1.807) is 13.8 Å². The Balaban J connectivity index is 2.40. The first-order valence-corrected chi connectivity index (χ1v) is 7.71. The van der Waals surface area contributed by atoms with Gasteiger partial charge < -0.3 is 19.3 Å². The summed E-state index contributed by atoms with van der Waals surface area (Å²) in [6, 6.07) is 9.01. The number of carbonyl (C=O) groups is 1. The lowest BCUT2D eigenvalue weighted by Crippen LogP contribution is -2.44. The van der Waals surface area contributed by atoms with Gasteiger partial charge in [0.1, 0.15) is 0 Å². The first-order chi connectivity index (χ1) is 11.8. The monoisotopic (exact) mass is 346 g/mol. The van der Waals surface area contributed by atoms with Crippen LogP contribution >= 0.6 is 0 Å². The van der Waals surface area contributed by atoms with Crippen molar-refractivity contribution in [1.82, 2.24) is 9.97 Å². The van der Waals surface area contributed by atoms with E-state index in [1.165, 1.54) is 20.3 Å². The average molecular weight is 346 g/mol. The van der Waals surface area contributed by atoms with Crippen LogP contribution in [0.2, 0.25) is 0 Å². The van der Waals surface area contributed by atoms with Crippen molar-refractivity contribution in [2.24, 2.45) is 0 Å². The average Bonchev–Trinajstić information content (AvgIpc) is 2.58. The molecule has 0 aliphatic heterocycles. The van der Waals surface area contributed by atoms with Gasteiger partial charge in [-0.15, -0.1) is 0 Å². The van der Waals surface area contributed by atoms with Gasteiger partial charge in [-0.25, -0.2) is 4.79 Å². The molecule has 0 amide bonds. The van der Waals surface area contributed by atoms with Crippen LogP contribution in [0.1, 0.15) is 25.0 Å². The van der Waals surface area contributed by atoms with Crippen LogP contribution in [0, 0.1) is 6.92 Å². The molecule has 25 heavy (non-hydrogen) atoms. The van der Waals surface area contributed by atoms with Gasteiger partial charge in [0.25, 0.3) is 0 Å². The van der Waals surface area contributed by atoms with Gasteiger partial charge in [0.05, 0.1) is 20.3 Å². The van der Waals surface area contributed by atoms with Crippen molar-refractivity contribution >= 4 is 5.97 Å². The molecule has 1 aromatic carbocycles. The van der Waals surface area contributed by atoms with Crippen LogP contribution in [0.15, 0.2) is 30.3 Å². The van der Waals surface area contributed by atoms with Gasteiger partial charge in [-0.3, -0.25) is 0 Å². The SMILES string of the molecule is COc1cc(OC)nc(OC(C(=O)O)C(C)(C)c2cccc(C)c2)n1. The molecule has 2 aromatic rings. The van der Waals surface area contributed by atoms with E-state index in [0.717, 1.165) is 11.1 Å². The van der Waals surface area contributed by atoms with Gasteiger partial charge in [-0.2, -0.15) is 9.97 Å². The van der Waals surface area contributed by atoms with Crippen LogP contribution in [0.25, 0.3) is 0 Å². The predicted octanol–water partition coefficient (Wildman–Crippen LogP) is 2.61. The highest BCUT2D eigenvalue weighted by Crippen LogP contribution is 2.31. The Labute approximate surface area is 146 Å².